The normalized spacial score (nSPS) is 19.4. The zero-order valence-electron chi connectivity index (χ0n) is 13.1. The van der Waals surface area contributed by atoms with Gasteiger partial charge in [0.25, 0.3) is 0 Å². The molecule has 1 aromatic carbocycles. The Hall–Kier alpha value is -1.35. The second kappa shape index (κ2) is 8.83. The lowest BCUT2D eigenvalue weighted by Crippen LogP contribution is -2.39. The van der Waals surface area contributed by atoms with Crippen LogP contribution in [0.4, 0.5) is 0 Å². The van der Waals surface area contributed by atoms with Crippen LogP contribution in [0.25, 0.3) is 0 Å². The van der Waals surface area contributed by atoms with E-state index in [1.165, 1.54) is 18.4 Å². The smallest absolute Gasteiger partial charge is 0.310 e. The predicted octanol–water partition coefficient (Wildman–Crippen LogP) is 3.28. The SMILES string of the molecule is CCOC(=O)[C@@H]1CCCN(CCCCc2ccccc2)C1. The third-order valence-corrected chi connectivity index (χ3v) is 4.16. The summed E-state index contributed by atoms with van der Waals surface area (Å²) in [6.07, 6.45) is 5.66. The highest BCUT2D eigenvalue weighted by Crippen LogP contribution is 2.18. The molecule has 0 amide bonds. The molecule has 0 radical (unpaired) electrons. The molecular formula is C18H27NO2. The van der Waals surface area contributed by atoms with Crippen LogP contribution in [-0.2, 0) is 16.0 Å². The molecule has 116 valence electrons. The van der Waals surface area contributed by atoms with Crippen LogP contribution >= 0.6 is 0 Å². The van der Waals surface area contributed by atoms with Crippen LogP contribution in [0.15, 0.2) is 30.3 Å². The second-order valence-corrected chi connectivity index (χ2v) is 5.83. The number of carbonyl (C=O) groups is 1. The lowest BCUT2D eigenvalue weighted by atomic mass is 9.98. The first-order valence-corrected chi connectivity index (χ1v) is 8.22. The molecule has 21 heavy (non-hydrogen) atoms. The molecule has 3 heteroatoms. The van der Waals surface area contributed by atoms with Gasteiger partial charge in [0.1, 0.15) is 0 Å². The minimum atomic E-state index is -0.00788. The van der Waals surface area contributed by atoms with E-state index in [4.69, 9.17) is 4.74 Å². The predicted molar refractivity (Wildman–Crippen MR) is 85.2 cm³/mol. The molecule has 0 spiro atoms. The number of hydrogen-bond acceptors (Lipinski definition) is 3. The fourth-order valence-electron chi connectivity index (χ4n) is 3.02. The molecule has 0 N–H and O–H groups in total. The molecule has 1 aliphatic heterocycles. The van der Waals surface area contributed by atoms with E-state index < -0.39 is 0 Å². The van der Waals surface area contributed by atoms with Crippen molar-refractivity contribution < 1.29 is 9.53 Å². The Morgan fingerprint density at radius 2 is 2.10 bits per heavy atom. The Balaban J connectivity index is 1.65. The molecule has 3 nitrogen and oxygen atoms in total. The number of rotatable bonds is 7. The van der Waals surface area contributed by atoms with Crippen LogP contribution < -0.4 is 0 Å². The van der Waals surface area contributed by atoms with Crippen molar-refractivity contribution in [1.82, 2.24) is 4.90 Å². The van der Waals surface area contributed by atoms with Crippen LogP contribution in [0.3, 0.4) is 0 Å². The number of piperidine rings is 1. The van der Waals surface area contributed by atoms with Crippen molar-refractivity contribution in [2.24, 2.45) is 5.92 Å². The second-order valence-electron chi connectivity index (χ2n) is 5.83. The van der Waals surface area contributed by atoms with Gasteiger partial charge in [0.15, 0.2) is 0 Å². The fourth-order valence-corrected chi connectivity index (χ4v) is 3.02. The van der Waals surface area contributed by atoms with E-state index in [2.05, 4.69) is 35.2 Å². The molecular weight excluding hydrogens is 262 g/mol. The molecule has 0 unspecified atom stereocenters. The van der Waals surface area contributed by atoms with Gasteiger partial charge in [-0.3, -0.25) is 4.79 Å². The number of hydrogen-bond donors (Lipinski definition) is 0. The summed E-state index contributed by atoms with van der Waals surface area (Å²) in [6, 6.07) is 10.6. The lowest BCUT2D eigenvalue weighted by Gasteiger charge is -2.31. The van der Waals surface area contributed by atoms with Crippen molar-refractivity contribution >= 4 is 5.97 Å². The summed E-state index contributed by atoms with van der Waals surface area (Å²) in [5, 5.41) is 0. The van der Waals surface area contributed by atoms with Gasteiger partial charge in [-0.15, -0.1) is 0 Å². The first kappa shape index (κ1) is 16.0. The zero-order valence-corrected chi connectivity index (χ0v) is 13.1. The number of aryl methyl sites for hydroxylation is 1. The Bertz CT molecular complexity index is 418. The first-order chi connectivity index (χ1) is 10.3. The minimum absolute atomic E-state index is 0.00788. The highest BCUT2D eigenvalue weighted by Gasteiger charge is 2.26. The van der Waals surface area contributed by atoms with Gasteiger partial charge in [0.2, 0.25) is 0 Å². The van der Waals surface area contributed by atoms with Crippen LogP contribution in [0.5, 0.6) is 0 Å². The summed E-state index contributed by atoms with van der Waals surface area (Å²) < 4.78 is 5.15. The van der Waals surface area contributed by atoms with E-state index in [9.17, 15) is 4.79 Å². The third kappa shape index (κ3) is 5.50. The topological polar surface area (TPSA) is 29.5 Å². The fraction of sp³-hybridized carbons (Fsp3) is 0.611. The van der Waals surface area contributed by atoms with Crippen molar-refractivity contribution in [2.45, 2.75) is 39.0 Å². The molecule has 1 aliphatic rings. The largest absolute Gasteiger partial charge is 0.466 e. The van der Waals surface area contributed by atoms with Crippen molar-refractivity contribution in [1.29, 1.82) is 0 Å². The molecule has 0 aliphatic carbocycles. The average molecular weight is 289 g/mol. The number of esters is 1. The van der Waals surface area contributed by atoms with Crippen LogP contribution in [0.2, 0.25) is 0 Å². The Morgan fingerprint density at radius 1 is 1.29 bits per heavy atom. The highest BCUT2D eigenvalue weighted by atomic mass is 16.5. The number of benzene rings is 1. The maximum absolute atomic E-state index is 11.8. The Morgan fingerprint density at radius 3 is 2.86 bits per heavy atom. The number of unbranched alkanes of at least 4 members (excludes halogenated alkanes) is 1. The van der Waals surface area contributed by atoms with Crippen LogP contribution in [0.1, 0.15) is 38.2 Å². The summed E-state index contributed by atoms with van der Waals surface area (Å²) in [5.41, 5.74) is 1.42. The summed E-state index contributed by atoms with van der Waals surface area (Å²) in [5.74, 6) is 0.0827. The minimum Gasteiger partial charge on any atom is -0.466 e. The number of ether oxygens (including phenoxy) is 1. The summed E-state index contributed by atoms with van der Waals surface area (Å²) in [6.45, 7) is 5.47. The number of nitrogens with zero attached hydrogens (tertiary/aromatic N) is 1. The molecule has 1 fully saturated rings. The van der Waals surface area contributed by atoms with Crippen molar-refractivity contribution in [2.75, 3.05) is 26.2 Å². The van der Waals surface area contributed by atoms with E-state index in [0.29, 0.717) is 6.61 Å². The summed E-state index contributed by atoms with van der Waals surface area (Å²) >= 11 is 0. The van der Waals surface area contributed by atoms with Gasteiger partial charge in [-0.2, -0.15) is 0 Å². The monoisotopic (exact) mass is 289 g/mol. The summed E-state index contributed by atoms with van der Waals surface area (Å²) in [7, 11) is 0. The van der Waals surface area contributed by atoms with Gasteiger partial charge in [-0.1, -0.05) is 30.3 Å². The first-order valence-electron chi connectivity index (χ1n) is 8.22. The Kier molecular flexibility index (Phi) is 6.74. The maximum atomic E-state index is 11.8. The van der Waals surface area contributed by atoms with Crippen molar-refractivity contribution in [3.63, 3.8) is 0 Å². The molecule has 0 saturated carbocycles. The third-order valence-electron chi connectivity index (χ3n) is 4.16. The highest BCUT2D eigenvalue weighted by molar-refractivity contribution is 5.72. The van der Waals surface area contributed by atoms with E-state index in [-0.39, 0.29) is 11.9 Å². The molecule has 1 aromatic rings. The van der Waals surface area contributed by atoms with E-state index in [1.807, 2.05) is 6.92 Å². The van der Waals surface area contributed by atoms with E-state index in [0.717, 1.165) is 38.9 Å². The molecule has 1 saturated heterocycles. The van der Waals surface area contributed by atoms with Gasteiger partial charge in [0.05, 0.1) is 12.5 Å². The standard InChI is InChI=1S/C18H27NO2/c1-2-21-18(20)17-12-8-14-19(15-17)13-7-6-11-16-9-4-3-5-10-16/h3-5,9-10,17H,2,6-8,11-15H2,1H3/t17-/m1/s1. The number of carbonyl (C=O) groups excluding carboxylic acids is 1. The Labute approximate surface area is 128 Å². The van der Waals surface area contributed by atoms with E-state index >= 15 is 0 Å². The molecule has 1 atom stereocenters. The van der Waals surface area contributed by atoms with Gasteiger partial charge < -0.3 is 9.64 Å². The maximum Gasteiger partial charge on any atom is 0.310 e. The summed E-state index contributed by atoms with van der Waals surface area (Å²) in [4.78, 5) is 14.2. The lowest BCUT2D eigenvalue weighted by molar-refractivity contribution is -0.149. The number of likely N-dealkylation sites (tertiary alicyclic amines) is 1. The van der Waals surface area contributed by atoms with Crippen LogP contribution in [-0.4, -0.2) is 37.1 Å². The van der Waals surface area contributed by atoms with Gasteiger partial charge in [0, 0.05) is 6.54 Å². The molecule has 2 rings (SSSR count). The quantitative estimate of drug-likeness (QED) is 0.570. The van der Waals surface area contributed by atoms with Gasteiger partial charge in [-0.05, 0) is 57.7 Å². The van der Waals surface area contributed by atoms with Crippen molar-refractivity contribution in [3.05, 3.63) is 35.9 Å². The average Bonchev–Trinajstić information content (AvgIpc) is 2.53. The molecule has 0 bridgehead atoms. The molecule has 1 heterocycles. The van der Waals surface area contributed by atoms with Gasteiger partial charge >= 0.3 is 5.97 Å². The van der Waals surface area contributed by atoms with Gasteiger partial charge in [-0.25, -0.2) is 0 Å². The van der Waals surface area contributed by atoms with Crippen LogP contribution in [0, 0.1) is 5.92 Å². The van der Waals surface area contributed by atoms with E-state index in [1.54, 1.807) is 0 Å². The molecule has 0 aromatic heterocycles. The van der Waals surface area contributed by atoms with Crippen molar-refractivity contribution in [3.8, 4) is 0 Å². The zero-order chi connectivity index (χ0) is 14.9.